The monoisotopic (exact) mass is 279 g/mol. The Morgan fingerprint density at radius 2 is 1.81 bits per heavy atom. The summed E-state index contributed by atoms with van der Waals surface area (Å²) in [6.45, 7) is 0.889. The van der Waals surface area contributed by atoms with Gasteiger partial charge in [0.15, 0.2) is 0 Å². The second-order valence-corrected chi connectivity index (χ2v) is 5.73. The van der Waals surface area contributed by atoms with Gasteiger partial charge in [-0.1, -0.05) is 22.4 Å². The van der Waals surface area contributed by atoms with Crippen LogP contribution in [0.3, 0.4) is 0 Å². The maximum absolute atomic E-state index is 12.3. The van der Waals surface area contributed by atoms with Crippen molar-refractivity contribution >= 4 is 27.5 Å². The van der Waals surface area contributed by atoms with Crippen LogP contribution in [0.4, 0.5) is 5.69 Å². The molecule has 1 saturated carbocycles. The van der Waals surface area contributed by atoms with E-state index in [1.54, 1.807) is 0 Å². The first-order chi connectivity index (χ1) is 7.71. The van der Waals surface area contributed by atoms with Crippen LogP contribution >= 0.6 is 15.9 Å². The molecule has 0 N–H and O–H groups in total. The lowest BCUT2D eigenvalue weighted by atomic mass is 9.68. The van der Waals surface area contributed by atoms with Crippen LogP contribution in [0.15, 0.2) is 28.7 Å². The third-order valence-corrected chi connectivity index (χ3v) is 4.49. The van der Waals surface area contributed by atoms with Crippen molar-refractivity contribution in [2.45, 2.75) is 25.7 Å². The zero-order valence-corrected chi connectivity index (χ0v) is 10.7. The third-order valence-electron chi connectivity index (χ3n) is 3.96. The quantitative estimate of drug-likeness (QED) is 0.772. The van der Waals surface area contributed by atoms with Gasteiger partial charge in [-0.25, -0.2) is 0 Å². The van der Waals surface area contributed by atoms with E-state index in [1.807, 2.05) is 29.2 Å². The number of carbonyl (C=O) groups excluding carboxylic acids is 1. The van der Waals surface area contributed by atoms with Gasteiger partial charge in [0.25, 0.3) is 0 Å². The normalized spacial score (nSPS) is 22.6. The molecule has 16 heavy (non-hydrogen) atoms. The molecule has 1 aromatic rings. The molecule has 0 radical (unpaired) electrons. The number of anilines is 1. The lowest BCUT2D eigenvalue weighted by molar-refractivity contribution is -0.129. The van der Waals surface area contributed by atoms with Crippen LogP contribution < -0.4 is 4.90 Å². The van der Waals surface area contributed by atoms with Crippen LogP contribution in [0.25, 0.3) is 0 Å². The van der Waals surface area contributed by atoms with Gasteiger partial charge in [-0.05, 0) is 43.5 Å². The molecule has 1 heterocycles. The van der Waals surface area contributed by atoms with E-state index in [1.165, 1.54) is 6.42 Å². The SMILES string of the molecule is O=C1N(c2ccc(Br)cc2)CCC12CCC2. The molecule has 1 spiro atoms. The summed E-state index contributed by atoms with van der Waals surface area (Å²) >= 11 is 3.41. The second-order valence-electron chi connectivity index (χ2n) is 4.82. The fraction of sp³-hybridized carbons (Fsp3) is 0.462. The second kappa shape index (κ2) is 3.59. The van der Waals surface area contributed by atoms with E-state index in [0.717, 1.165) is 36.0 Å². The molecule has 1 aromatic carbocycles. The summed E-state index contributed by atoms with van der Waals surface area (Å²) in [5, 5.41) is 0. The largest absolute Gasteiger partial charge is 0.312 e. The molecule has 1 amide bonds. The number of nitrogens with zero attached hydrogens (tertiary/aromatic N) is 1. The zero-order chi connectivity index (χ0) is 11.2. The van der Waals surface area contributed by atoms with Gasteiger partial charge in [-0.3, -0.25) is 4.79 Å². The number of rotatable bonds is 1. The minimum absolute atomic E-state index is 0.0209. The molecule has 2 nitrogen and oxygen atoms in total. The Bertz CT molecular complexity index is 422. The molecule has 3 heteroatoms. The van der Waals surface area contributed by atoms with Gasteiger partial charge in [0.2, 0.25) is 5.91 Å². The van der Waals surface area contributed by atoms with Crippen molar-refractivity contribution in [3.8, 4) is 0 Å². The van der Waals surface area contributed by atoms with E-state index in [4.69, 9.17) is 0 Å². The summed E-state index contributed by atoms with van der Waals surface area (Å²) in [7, 11) is 0. The van der Waals surface area contributed by atoms with Crippen molar-refractivity contribution < 1.29 is 4.79 Å². The molecule has 2 aliphatic rings. The average molecular weight is 280 g/mol. The van der Waals surface area contributed by atoms with Crippen molar-refractivity contribution in [1.82, 2.24) is 0 Å². The van der Waals surface area contributed by atoms with E-state index in [9.17, 15) is 4.79 Å². The smallest absolute Gasteiger partial charge is 0.233 e. The number of hydrogen-bond acceptors (Lipinski definition) is 1. The minimum Gasteiger partial charge on any atom is -0.312 e. The Balaban J connectivity index is 1.86. The van der Waals surface area contributed by atoms with Gasteiger partial charge in [0.1, 0.15) is 0 Å². The molecule has 0 unspecified atom stereocenters. The molecular formula is C13H14BrNO. The van der Waals surface area contributed by atoms with Gasteiger partial charge in [0.05, 0.1) is 5.41 Å². The summed E-state index contributed by atoms with van der Waals surface area (Å²) in [4.78, 5) is 14.3. The number of carbonyl (C=O) groups is 1. The Hall–Kier alpha value is -0.830. The van der Waals surface area contributed by atoms with Gasteiger partial charge in [-0.2, -0.15) is 0 Å². The Morgan fingerprint density at radius 1 is 1.12 bits per heavy atom. The molecule has 0 bridgehead atoms. The fourth-order valence-electron chi connectivity index (χ4n) is 2.76. The zero-order valence-electron chi connectivity index (χ0n) is 9.08. The fourth-order valence-corrected chi connectivity index (χ4v) is 3.02. The summed E-state index contributed by atoms with van der Waals surface area (Å²) in [6.07, 6.45) is 4.46. The topological polar surface area (TPSA) is 20.3 Å². The summed E-state index contributed by atoms with van der Waals surface area (Å²) < 4.78 is 1.06. The molecular weight excluding hydrogens is 266 g/mol. The highest BCUT2D eigenvalue weighted by atomic mass is 79.9. The molecule has 1 aliphatic heterocycles. The summed E-state index contributed by atoms with van der Waals surface area (Å²) in [5.74, 6) is 0.348. The van der Waals surface area contributed by atoms with Crippen LogP contribution in [-0.2, 0) is 4.79 Å². The Kier molecular flexibility index (Phi) is 2.32. The molecule has 0 atom stereocenters. The molecule has 3 rings (SSSR count). The van der Waals surface area contributed by atoms with E-state index >= 15 is 0 Å². The lowest BCUT2D eigenvalue weighted by Gasteiger charge is -2.36. The standard InChI is InChI=1S/C13H14BrNO/c14-10-2-4-11(5-3-10)15-9-8-13(12(15)16)6-1-7-13/h2-5H,1,6-9H2. The first-order valence-corrected chi connectivity index (χ1v) is 6.58. The summed E-state index contributed by atoms with van der Waals surface area (Å²) in [6, 6.07) is 8.02. The van der Waals surface area contributed by atoms with E-state index in [-0.39, 0.29) is 5.41 Å². The van der Waals surface area contributed by atoms with Gasteiger partial charge in [-0.15, -0.1) is 0 Å². The van der Waals surface area contributed by atoms with Crippen LogP contribution in [0.5, 0.6) is 0 Å². The highest BCUT2D eigenvalue weighted by Gasteiger charge is 2.50. The highest BCUT2D eigenvalue weighted by molar-refractivity contribution is 9.10. The Labute approximate surface area is 104 Å². The molecule has 0 aromatic heterocycles. The van der Waals surface area contributed by atoms with Crippen LogP contribution in [-0.4, -0.2) is 12.5 Å². The van der Waals surface area contributed by atoms with Crippen molar-refractivity contribution in [1.29, 1.82) is 0 Å². The molecule has 1 saturated heterocycles. The van der Waals surface area contributed by atoms with E-state index < -0.39 is 0 Å². The van der Waals surface area contributed by atoms with Gasteiger partial charge in [0, 0.05) is 16.7 Å². The predicted octanol–water partition coefficient (Wildman–Crippen LogP) is 3.36. The van der Waals surface area contributed by atoms with Crippen molar-refractivity contribution in [2.24, 2.45) is 5.41 Å². The Morgan fingerprint density at radius 3 is 2.31 bits per heavy atom. The lowest BCUT2D eigenvalue weighted by Crippen LogP contribution is -2.39. The minimum atomic E-state index is 0.0209. The third kappa shape index (κ3) is 1.41. The number of benzene rings is 1. The number of amides is 1. The molecule has 84 valence electrons. The molecule has 2 fully saturated rings. The van der Waals surface area contributed by atoms with Crippen molar-refractivity contribution in [3.63, 3.8) is 0 Å². The van der Waals surface area contributed by atoms with Crippen LogP contribution in [0, 0.1) is 5.41 Å². The molecule has 1 aliphatic carbocycles. The maximum atomic E-state index is 12.3. The van der Waals surface area contributed by atoms with Crippen LogP contribution in [0.2, 0.25) is 0 Å². The average Bonchev–Trinajstić information content (AvgIpc) is 2.57. The first kappa shape index (κ1) is 10.3. The van der Waals surface area contributed by atoms with Gasteiger partial charge >= 0.3 is 0 Å². The number of hydrogen-bond donors (Lipinski definition) is 0. The van der Waals surface area contributed by atoms with E-state index in [0.29, 0.717) is 5.91 Å². The van der Waals surface area contributed by atoms with Crippen molar-refractivity contribution in [2.75, 3.05) is 11.4 Å². The first-order valence-electron chi connectivity index (χ1n) is 5.79. The van der Waals surface area contributed by atoms with Crippen molar-refractivity contribution in [3.05, 3.63) is 28.7 Å². The van der Waals surface area contributed by atoms with Crippen LogP contribution in [0.1, 0.15) is 25.7 Å². The highest BCUT2D eigenvalue weighted by Crippen LogP contribution is 2.49. The predicted molar refractivity (Wildman–Crippen MR) is 67.4 cm³/mol. The van der Waals surface area contributed by atoms with Gasteiger partial charge < -0.3 is 4.90 Å². The number of halogens is 1. The maximum Gasteiger partial charge on any atom is 0.233 e. The van der Waals surface area contributed by atoms with E-state index in [2.05, 4.69) is 15.9 Å². The summed E-state index contributed by atoms with van der Waals surface area (Å²) in [5.41, 5.74) is 1.06.